The molecule has 0 rings (SSSR count). The molecule has 0 radical (unpaired) electrons. The summed E-state index contributed by atoms with van der Waals surface area (Å²) >= 11 is 0. The van der Waals surface area contributed by atoms with Crippen LogP contribution in [0.5, 0.6) is 0 Å². The lowest BCUT2D eigenvalue weighted by Crippen LogP contribution is -2.13. The zero-order valence-corrected chi connectivity index (χ0v) is 32.9. The Bertz CT molecular complexity index is 579. The third-order valence-electron chi connectivity index (χ3n) is 10.1. The maximum Gasteiger partial charge on any atom is 0.305 e. The van der Waals surface area contributed by atoms with Crippen LogP contribution < -0.4 is 0 Å². The normalized spacial score (nSPS) is 11.3. The van der Waals surface area contributed by atoms with Gasteiger partial charge in [0.25, 0.3) is 0 Å². The second-order valence-corrected chi connectivity index (χ2v) is 15.0. The van der Waals surface area contributed by atoms with E-state index in [1.165, 1.54) is 205 Å². The van der Waals surface area contributed by atoms with Crippen molar-refractivity contribution in [3.8, 4) is 0 Å². The Morgan fingerprint density at radius 1 is 0.271 bits per heavy atom. The highest BCUT2D eigenvalue weighted by Gasteiger charge is 2.06. The van der Waals surface area contributed by atoms with E-state index in [0.29, 0.717) is 12.8 Å². The summed E-state index contributed by atoms with van der Waals surface area (Å²) in [6.07, 6.45) is 49.3. The van der Waals surface area contributed by atoms with Gasteiger partial charge in [-0.2, -0.15) is 0 Å². The molecular formula is C44H86O4. The van der Waals surface area contributed by atoms with Gasteiger partial charge in [0.1, 0.15) is 13.2 Å². The number of carbonyl (C=O) groups is 2. The lowest BCUT2D eigenvalue weighted by Gasteiger charge is -2.07. The molecule has 0 aliphatic carbocycles. The second kappa shape index (κ2) is 42.1. The summed E-state index contributed by atoms with van der Waals surface area (Å²) in [5.74, 6) is -0.322. The summed E-state index contributed by atoms with van der Waals surface area (Å²) in [7, 11) is 0. The standard InChI is InChI=1S/C44H86O4/c1-3-5-7-9-11-13-15-17-19-21-23-25-27-29-31-33-35-37-39-43(45)47-41-42-48-44(46)40-38-36-34-32-30-28-26-24-22-20-18-16-14-12-10-8-6-4-2/h3-42H2,1-2H3. The number of rotatable bonds is 41. The third-order valence-corrected chi connectivity index (χ3v) is 10.1. The van der Waals surface area contributed by atoms with Gasteiger partial charge in [0, 0.05) is 12.8 Å². The number of hydrogen-bond donors (Lipinski definition) is 0. The van der Waals surface area contributed by atoms with E-state index in [1.54, 1.807) is 0 Å². The van der Waals surface area contributed by atoms with Crippen molar-refractivity contribution in [2.24, 2.45) is 0 Å². The van der Waals surface area contributed by atoms with Crippen molar-refractivity contribution >= 4 is 11.9 Å². The SMILES string of the molecule is CCCCCCCCCCCCCCCCCCCCC(=O)OCCOC(=O)CCCCCCCCCCCCCCCCCCCC. The van der Waals surface area contributed by atoms with Gasteiger partial charge in [-0.05, 0) is 12.8 Å². The molecule has 0 saturated heterocycles. The van der Waals surface area contributed by atoms with Crippen LogP contribution in [-0.4, -0.2) is 25.2 Å². The smallest absolute Gasteiger partial charge is 0.305 e. The number of esters is 2. The quantitative estimate of drug-likeness (QED) is 0.0477. The Balaban J connectivity index is 3.24. The summed E-state index contributed by atoms with van der Waals surface area (Å²) in [4.78, 5) is 23.9. The predicted octanol–water partition coefficient (Wildman–Crippen LogP) is 14.9. The maximum atomic E-state index is 12.0. The maximum absolute atomic E-state index is 12.0. The van der Waals surface area contributed by atoms with Crippen molar-refractivity contribution < 1.29 is 19.1 Å². The van der Waals surface area contributed by atoms with E-state index < -0.39 is 0 Å². The minimum absolute atomic E-state index is 0.161. The fourth-order valence-corrected chi connectivity index (χ4v) is 6.80. The van der Waals surface area contributed by atoms with Gasteiger partial charge in [-0.15, -0.1) is 0 Å². The molecule has 0 atom stereocenters. The van der Waals surface area contributed by atoms with Crippen LogP contribution in [0.15, 0.2) is 0 Å². The molecule has 4 nitrogen and oxygen atoms in total. The van der Waals surface area contributed by atoms with Crippen molar-refractivity contribution in [1.82, 2.24) is 0 Å². The largest absolute Gasteiger partial charge is 0.462 e. The highest BCUT2D eigenvalue weighted by molar-refractivity contribution is 5.70. The van der Waals surface area contributed by atoms with Gasteiger partial charge in [-0.25, -0.2) is 0 Å². The lowest BCUT2D eigenvalue weighted by atomic mass is 10.0. The molecule has 0 aromatic heterocycles. The van der Waals surface area contributed by atoms with Crippen molar-refractivity contribution in [1.29, 1.82) is 0 Å². The Kier molecular flexibility index (Phi) is 41.2. The number of unbranched alkanes of at least 4 members (excludes halogenated alkanes) is 34. The average molecular weight is 679 g/mol. The fourth-order valence-electron chi connectivity index (χ4n) is 6.80. The zero-order chi connectivity index (χ0) is 34.9. The summed E-state index contributed by atoms with van der Waals surface area (Å²) < 4.78 is 10.5. The summed E-state index contributed by atoms with van der Waals surface area (Å²) in [5, 5.41) is 0. The van der Waals surface area contributed by atoms with Crippen LogP contribution in [0.4, 0.5) is 0 Å². The highest BCUT2D eigenvalue weighted by atomic mass is 16.6. The van der Waals surface area contributed by atoms with Crippen LogP contribution in [0.25, 0.3) is 0 Å². The predicted molar refractivity (Wildman–Crippen MR) is 209 cm³/mol. The Hall–Kier alpha value is -1.06. The van der Waals surface area contributed by atoms with E-state index in [1.807, 2.05) is 0 Å². The zero-order valence-electron chi connectivity index (χ0n) is 32.9. The molecule has 0 unspecified atom stereocenters. The number of ether oxygens (including phenoxy) is 2. The number of carbonyl (C=O) groups excluding carboxylic acids is 2. The van der Waals surface area contributed by atoms with Crippen LogP contribution in [0.2, 0.25) is 0 Å². The molecular weight excluding hydrogens is 592 g/mol. The first-order chi connectivity index (χ1) is 23.7. The van der Waals surface area contributed by atoms with Gasteiger partial charge < -0.3 is 9.47 Å². The van der Waals surface area contributed by atoms with Gasteiger partial charge in [-0.1, -0.05) is 232 Å². The van der Waals surface area contributed by atoms with Crippen molar-refractivity contribution in [2.45, 2.75) is 258 Å². The van der Waals surface area contributed by atoms with Gasteiger partial charge >= 0.3 is 11.9 Å². The van der Waals surface area contributed by atoms with Gasteiger partial charge in [-0.3, -0.25) is 9.59 Å². The summed E-state index contributed by atoms with van der Waals surface area (Å²) in [6.45, 7) is 4.94. The highest BCUT2D eigenvalue weighted by Crippen LogP contribution is 2.16. The Morgan fingerprint density at radius 2 is 0.438 bits per heavy atom. The van der Waals surface area contributed by atoms with Gasteiger partial charge in [0.15, 0.2) is 0 Å². The molecule has 0 aromatic carbocycles. The minimum atomic E-state index is -0.161. The molecule has 0 aliphatic rings. The van der Waals surface area contributed by atoms with E-state index in [2.05, 4.69) is 13.8 Å². The van der Waals surface area contributed by atoms with Crippen molar-refractivity contribution in [3.63, 3.8) is 0 Å². The van der Waals surface area contributed by atoms with Crippen molar-refractivity contribution in [3.05, 3.63) is 0 Å². The molecule has 0 aromatic rings. The summed E-state index contributed by atoms with van der Waals surface area (Å²) in [5.41, 5.74) is 0. The van der Waals surface area contributed by atoms with E-state index in [0.717, 1.165) is 25.7 Å². The molecule has 48 heavy (non-hydrogen) atoms. The molecule has 4 heteroatoms. The van der Waals surface area contributed by atoms with Crippen molar-refractivity contribution in [2.75, 3.05) is 13.2 Å². The van der Waals surface area contributed by atoms with Crippen LogP contribution in [0.1, 0.15) is 258 Å². The monoisotopic (exact) mass is 679 g/mol. The molecule has 0 spiro atoms. The fraction of sp³-hybridized carbons (Fsp3) is 0.955. The van der Waals surface area contributed by atoms with E-state index >= 15 is 0 Å². The van der Waals surface area contributed by atoms with Crippen LogP contribution in [0, 0.1) is 0 Å². The molecule has 0 aliphatic heterocycles. The van der Waals surface area contributed by atoms with E-state index in [-0.39, 0.29) is 25.2 Å². The second-order valence-electron chi connectivity index (χ2n) is 15.0. The van der Waals surface area contributed by atoms with Gasteiger partial charge in [0.05, 0.1) is 0 Å². The molecule has 0 bridgehead atoms. The topological polar surface area (TPSA) is 52.6 Å². The van der Waals surface area contributed by atoms with Gasteiger partial charge in [0.2, 0.25) is 0 Å². The van der Waals surface area contributed by atoms with Crippen LogP contribution in [-0.2, 0) is 19.1 Å². The van der Waals surface area contributed by atoms with E-state index in [9.17, 15) is 9.59 Å². The molecule has 0 N–H and O–H groups in total. The molecule has 0 saturated carbocycles. The van der Waals surface area contributed by atoms with Crippen LogP contribution >= 0.6 is 0 Å². The van der Waals surface area contributed by atoms with E-state index in [4.69, 9.17) is 9.47 Å². The minimum Gasteiger partial charge on any atom is -0.462 e. The third kappa shape index (κ3) is 41.1. The molecule has 0 amide bonds. The molecule has 0 heterocycles. The average Bonchev–Trinajstić information content (AvgIpc) is 3.09. The Morgan fingerprint density at radius 3 is 0.625 bits per heavy atom. The lowest BCUT2D eigenvalue weighted by molar-refractivity contribution is -0.152. The van der Waals surface area contributed by atoms with Crippen LogP contribution in [0.3, 0.4) is 0 Å². The Labute approximate surface area is 301 Å². The summed E-state index contributed by atoms with van der Waals surface area (Å²) in [6, 6.07) is 0. The first-order valence-electron chi connectivity index (χ1n) is 22.0. The first kappa shape index (κ1) is 46.9. The number of hydrogen-bond acceptors (Lipinski definition) is 4. The first-order valence-corrected chi connectivity index (χ1v) is 22.0. The molecule has 286 valence electrons. The molecule has 0 fully saturated rings.